The Morgan fingerprint density at radius 2 is 2.46 bits per heavy atom. The SMILES string of the molecule is O=C(O)c1ccoc1CNC1CC1. The minimum atomic E-state index is -0.929. The number of hydrogen-bond acceptors (Lipinski definition) is 3. The summed E-state index contributed by atoms with van der Waals surface area (Å²) in [4.78, 5) is 10.7. The van der Waals surface area contributed by atoms with Crippen LogP contribution in [0.4, 0.5) is 0 Å². The highest BCUT2D eigenvalue weighted by atomic mass is 16.4. The van der Waals surface area contributed by atoms with Crippen LogP contribution in [0.25, 0.3) is 0 Å². The van der Waals surface area contributed by atoms with E-state index in [2.05, 4.69) is 5.32 Å². The van der Waals surface area contributed by atoms with Gasteiger partial charge in [-0.05, 0) is 18.9 Å². The van der Waals surface area contributed by atoms with Gasteiger partial charge in [-0.15, -0.1) is 0 Å². The third kappa shape index (κ3) is 1.89. The average molecular weight is 181 g/mol. The van der Waals surface area contributed by atoms with E-state index >= 15 is 0 Å². The van der Waals surface area contributed by atoms with Gasteiger partial charge < -0.3 is 14.8 Å². The Hall–Kier alpha value is -1.29. The fourth-order valence-corrected chi connectivity index (χ4v) is 1.19. The molecule has 4 heteroatoms. The highest BCUT2D eigenvalue weighted by molar-refractivity contribution is 5.88. The number of furan rings is 1. The van der Waals surface area contributed by atoms with Gasteiger partial charge in [0.25, 0.3) is 0 Å². The lowest BCUT2D eigenvalue weighted by atomic mass is 10.2. The zero-order valence-electron chi connectivity index (χ0n) is 7.12. The van der Waals surface area contributed by atoms with Gasteiger partial charge in [0.05, 0.1) is 12.8 Å². The molecule has 0 bridgehead atoms. The summed E-state index contributed by atoms with van der Waals surface area (Å²) in [5, 5.41) is 11.9. The molecule has 70 valence electrons. The topological polar surface area (TPSA) is 62.5 Å². The molecule has 0 spiro atoms. The quantitative estimate of drug-likeness (QED) is 0.733. The van der Waals surface area contributed by atoms with Crippen LogP contribution in [0.5, 0.6) is 0 Å². The van der Waals surface area contributed by atoms with Crippen molar-refractivity contribution in [3.05, 3.63) is 23.7 Å². The van der Waals surface area contributed by atoms with Crippen molar-refractivity contribution in [3.63, 3.8) is 0 Å². The average Bonchev–Trinajstić information content (AvgIpc) is 2.79. The molecule has 0 aliphatic heterocycles. The summed E-state index contributed by atoms with van der Waals surface area (Å²) in [5.74, 6) is -0.416. The van der Waals surface area contributed by atoms with E-state index < -0.39 is 5.97 Å². The van der Waals surface area contributed by atoms with E-state index in [0.717, 1.165) is 0 Å². The molecule has 4 nitrogen and oxygen atoms in total. The van der Waals surface area contributed by atoms with Crippen LogP contribution in [0.2, 0.25) is 0 Å². The van der Waals surface area contributed by atoms with E-state index in [9.17, 15) is 4.79 Å². The summed E-state index contributed by atoms with van der Waals surface area (Å²) in [6, 6.07) is 2.04. The summed E-state index contributed by atoms with van der Waals surface area (Å²) in [6.07, 6.45) is 3.78. The smallest absolute Gasteiger partial charge is 0.339 e. The van der Waals surface area contributed by atoms with Gasteiger partial charge in [0.15, 0.2) is 0 Å². The van der Waals surface area contributed by atoms with Crippen LogP contribution in [0, 0.1) is 0 Å². The van der Waals surface area contributed by atoms with E-state index in [1.54, 1.807) is 0 Å². The number of carbonyl (C=O) groups is 1. The highest BCUT2D eigenvalue weighted by Gasteiger charge is 2.22. The predicted octanol–water partition coefficient (Wildman–Crippen LogP) is 1.23. The first-order valence-electron chi connectivity index (χ1n) is 4.30. The van der Waals surface area contributed by atoms with E-state index in [1.807, 2.05) is 0 Å². The minimum Gasteiger partial charge on any atom is -0.478 e. The van der Waals surface area contributed by atoms with Gasteiger partial charge in [-0.3, -0.25) is 0 Å². The second-order valence-electron chi connectivity index (χ2n) is 3.22. The standard InChI is InChI=1S/C9H11NO3/c11-9(12)7-3-4-13-8(7)5-10-6-1-2-6/h3-4,6,10H,1-2,5H2,(H,11,12). The Labute approximate surface area is 75.6 Å². The third-order valence-corrected chi connectivity index (χ3v) is 2.10. The summed E-state index contributed by atoms with van der Waals surface area (Å²) < 4.78 is 5.06. The molecule has 1 heterocycles. The summed E-state index contributed by atoms with van der Waals surface area (Å²) in [5.41, 5.74) is 0.258. The molecule has 2 N–H and O–H groups in total. The Morgan fingerprint density at radius 1 is 1.69 bits per heavy atom. The summed E-state index contributed by atoms with van der Waals surface area (Å²) >= 11 is 0. The number of carboxylic acids is 1. The van der Waals surface area contributed by atoms with E-state index in [0.29, 0.717) is 18.3 Å². The molecule has 0 atom stereocenters. The fourth-order valence-electron chi connectivity index (χ4n) is 1.19. The van der Waals surface area contributed by atoms with E-state index in [4.69, 9.17) is 9.52 Å². The Bertz CT molecular complexity index is 314. The third-order valence-electron chi connectivity index (χ3n) is 2.10. The molecule has 0 unspecified atom stereocenters. The van der Waals surface area contributed by atoms with E-state index in [1.165, 1.54) is 25.2 Å². The fraction of sp³-hybridized carbons (Fsp3) is 0.444. The van der Waals surface area contributed by atoms with Gasteiger partial charge >= 0.3 is 5.97 Å². The maximum Gasteiger partial charge on any atom is 0.339 e. The molecule has 1 aliphatic rings. The second-order valence-corrected chi connectivity index (χ2v) is 3.22. The van der Waals surface area contributed by atoms with Gasteiger partial charge in [-0.25, -0.2) is 4.79 Å². The first-order chi connectivity index (χ1) is 6.27. The molecule has 1 aliphatic carbocycles. The molecular formula is C9H11NO3. The largest absolute Gasteiger partial charge is 0.478 e. The zero-order valence-corrected chi connectivity index (χ0v) is 7.12. The van der Waals surface area contributed by atoms with Crippen molar-refractivity contribution in [1.29, 1.82) is 0 Å². The van der Waals surface area contributed by atoms with Crippen LogP contribution in [0.15, 0.2) is 16.7 Å². The van der Waals surface area contributed by atoms with Crippen LogP contribution in [-0.4, -0.2) is 17.1 Å². The van der Waals surface area contributed by atoms with Gasteiger partial charge in [0.2, 0.25) is 0 Å². The van der Waals surface area contributed by atoms with Crippen LogP contribution in [0.3, 0.4) is 0 Å². The predicted molar refractivity (Wildman–Crippen MR) is 45.5 cm³/mol. The van der Waals surface area contributed by atoms with Crippen molar-refractivity contribution in [2.24, 2.45) is 0 Å². The number of rotatable bonds is 4. The van der Waals surface area contributed by atoms with E-state index in [-0.39, 0.29) is 5.56 Å². The highest BCUT2D eigenvalue weighted by Crippen LogP contribution is 2.20. The molecule has 1 saturated carbocycles. The lowest BCUT2D eigenvalue weighted by molar-refractivity contribution is 0.0694. The zero-order chi connectivity index (χ0) is 9.26. The van der Waals surface area contributed by atoms with Crippen molar-refractivity contribution in [2.45, 2.75) is 25.4 Å². The number of carboxylic acid groups (broad SMARTS) is 1. The van der Waals surface area contributed by atoms with Crippen LogP contribution < -0.4 is 5.32 Å². The number of hydrogen-bond donors (Lipinski definition) is 2. The lowest BCUT2D eigenvalue weighted by Crippen LogP contribution is -2.16. The van der Waals surface area contributed by atoms with Gasteiger partial charge in [0, 0.05) is 6.04 Å². The molecule has 0 radical (unpaired) electrons. The monoisotopic (exact) mass is 181 g/mol. The van der Waals surface area contributed by atoms with Crippen LogP contribution in [-0.2, 0) is 6.54 Å². The molecule has 0 saturated heterocycles. The Kier molecular flexibility index (Phi) is 2.06. The summed E-state index contributed by atoms with van der Waals surface area (Å²) in [6.45, 7) is 0.513. The van der Waals surface area contributed by atoms with Gasteiger partial charge in [0.1, 0.15) is 11.3 Å². The minimum absolute atomic E-state index is 0.258. The Balaban J connectivity index is 2.00. The molecule has 0 amide bonds. The van der Waals surface area contributed by atoms with Crippen molar-refractivity contribution >= 4 is 5.97 Å². The first-order valence-corrected chi connectivity index (χ1v) is 4.30. The molecule has 1 aromatic rings. The second kappa shape index (κ2) is 3.22. The van der Waals surface area contributed by atoms with Crippen molar-refractivity contribution in [1.82, 2.24) is 5.32 Å². The molecule has 1 aromatic heterocycles. The molecule has 1 fully saturated rings. The maximum atomic E-state index is 10.7. The van der Waals surface area contributed by atoms with Crippen molar-refractivity contribution in [2.75, 3.05) is 0 Å². The molecular weight excluding hydrogens is 170 g/mol. The van der Waals surface area contributed by atoms with Crippen molar-refractivity contribution < 1.29 is 14.3 Å². The Morgan fingerprint density at radius 3 is 3.08 bits per heavy atom. The summed E-state index contributed by atoms with van der Waals surface area (Å²) in [7, 11) is 0. The lowest BCUT2D eigenvalue weighted by Gasteiger charge is -1.99. The first kappa shape index (κ1) is 8.31. The van der Waals surface area contributed by atoms with Crippen LogP contribution >= 0.6 is 0 Å². The van der Waals surface area contributed by atoms with Gasteiger partial charge in [-0.2, -0.15) is 0 Å². The maximum absolute atomic E-state index is 10.7. The van der Waals surface area contributed by atoms with Crippen molar-refractivity contribution in [3.8, 4) is 0 Å². The molecule has 2 rings (SSSR count). The number of nitrogens with one attached hydrogen (secondary N) is 1. The molecule has 0 aromatic carbocycles. The normalized spacial score (nSPS) is 16.0. The van der Waals surface area contributed by atoms with Gasteiger partial charge in [-0.1, -0.05) is 0 Å². The van der Waals surface area contributed by atoms with Crippen LogP contribution in [0.1, 0.15) is 29.0 Å². The molecule has 13 heavy (non-hydrogen) atoms. The number of aromatic carboxylic acids is 1.